The van der Waals surface area contributed by atoms with Gasteiger partial charge in [0.05, 0.1) is 6.61 Å². The van der Waals surface area contributed by atoms with Crippen LogP contribution in [0.15, 0.2) is 24.3 Å². The zero-order valence-corrected chi connectivity index (χ0v) is 9.07. The molecular weight excluding hydrogens is 186 g/mol. The summed E-state index contributed by atoms with van der Waals surface area (Å²) < 4.78 is 5.58. The summed E-state index contributed by atoms with van der Waals surface area (Å²) >= 11 is 0. The predicted molar refractivity (Wildman–Crippen MR) is 62.6 cm³/mol. The molecule has 1 aromatic rings. The van der Waals surface area contributed by atoms with E-state index >= 15 is 0 Å². The van der Waals surface area contributed by atoms with Crippen molar-refractivity contribution in [3.8, 4) is 18.1 Å². The Bertz CT molecular complexity index is 341. The van der Waals surface area contributed by atoms with Crippen LogP contribution >= 0.6 is 0 Å². The van der Waals surface area contributed by atoms with Crippen molar-refractivity contribution < 1.29 is 4.74 Å². The van der Waals surface area contributed by atoms with E-state index in [0.29, 0.717) is 13.0 Å². The molecule has 0 spiro atoms. The second-order valence-corrected chi connectivity index (χ2v) is 3.36. The Morgan fingerprint density at radius 1 is 1.47 bits per heavy atom. The lowest BCUT2D eigenvalue weighted by Gasteiger charge is -2.14. The first-order valence-electron chi connectivity index (χ1n) is 5.20. The van der Waals surface area contributed by atoms with Crippen molar-refractivity contribution in [2.45, 2.75) is 25.8 Å². The fourth-order valence-electron chi connectivity index (χ4n) is 1.36. The van der Waals surface area contributed by atoms with Crippen LogP contribution in [-0.2, 0) is 0 Å². The van der Waals surface area contributed by atoms with Crippen LogP contribution in [0, 0.1) is 12.3 Å². The maximum absolute atomic E-state index is 5.98. The summed E-state index contributed by atoms with van der Waals surface area (Å²) in [6, 6.07) is 7.88. The number of terminal acetylenes is 1. The number of ether oxygens (including phenoxy) is 1. The third kappa shape index (κ3) is 3.30. The molecule has 1 atom stereocenters. The fraction of sp³-hybridized carbons (Fsp3) is 0.385. The van der Waals surface area contributed by atoms with E-state index in [4.69, 9.17) is 16.9 Å². The summed E-state index contributed by atoms with van der Waals surface area (Å²) in [4.78, 5) is 0. The third-order valence-corrected chi connectivity index (χ3v) is 2.26. The molecule has 2 N–H and O–H groups in total. The Hall–Kier alpha value is -1.46. The number of benzene rings is 1. The van der Waals surface area contributed by atoms with E-state index in [1.165, 1.54) is 0 Å². The standard InChI is InChI=1S/C13H17NO/c1-3-5-10-15-13-9-7-6-8-11(13)12(14)4-2/h1,6-9,12H,4-5,10,14H2,2H3. The van der Waals surface area contributed by atoms with Crippen molar-refractivity contribution in [2.24, 2.45) is 5.73 Å². The number of rotatable bonds is 5. The van der Waals surface area contributed by atoms with E-state index in [2.05, 4.69) is 12.8 Å². The van der Waals surface area contributed by atoms with Crippen molar-refractivity contribution in [3.63, 3.8) is 0 Å². The van der Waals surface area contributed by atoms with Crippen LogP contribution in [0.4, 0.5) is 0 Å². The van der Waals surface area contributed by atoms with E-state index in [1.807, 2.05) is 24.3 Å². The molecule has 0 aromatic heterocycles. The highest BCUT2D eigenvalue weighted by Crippen LogP contribution is 2.25. The summed E-state index contributed by atoms with van der Waals surface area (Å²) in [5, 5.41) is 0. The maximum Gasteiger partial charge on any atom is 0.124 e. The van der Waals surface area contributed by atoms with Gasteiger partial charge in [-0.1, -0.05) is 25.1 Å². The molecule has 0 saturated carbocycles. The van der Waals surface area contributed by atoms with Crippen molar-refractivity contribution in [2.75, 3.05) is 6.61 Å². The molecular formula is C13H17NO. The Morgan fingerprint density at radius 2 is 2.20 bits per heavy atom. The topological polar surface area (TPSA) is 35.2 Å². The molecule has 1 aromatic carbocycles. The highest BCUT2D eigenvalue weighted by atomic mass is 16.5. The molecule has 1 unspecified atom stereocenters. The number of nitrogens with two attached hydrogens (primary N) is 1. The molecule has 0 aliphatic heterocycles. The van der Waals surface area contributed by atoms with Gasteiger partial charge in [-0.2, -0.15) is 0 Å². The molecule has 2 nitrogen and oxygen atoms in total. The Kier molecular flexibility index (Phi) is 4.73. The normalized spacial score (nSPS) is 11.8. The first-order chi connectivity index (χ1) is 7.29. The van der Waals surface area contributed by atoms with Gasteiger partial charge >= 0.3 is 0 Å². The summed E-state index contributed by atoms with van der Waals surface area (Å²) in [6.45, 7) is 2.60. The Morgan fingerprint density at radius 3 is 2.87 bits per heavy atom. The molecule has 0 heterocycles. The molecule has 80 valence electrons. The van der Waals surface area contributed by atoms with Crippen LogP contribution in [0.3, 0.4) is 0 Å². The third-order valence-electron chi connectivity index (χ3n) is 2.26. The first kappa shape index (κ1) is 11.6. The number of hydrogen-bond donors (Lipinski definition) is 1. The van der Waals surface area contributed by atoms with Gasteiger partial charge in [0, 0.05) is 18.0 Å². The minimum Gasteiger partial charge on any atom is -0.492 e. The first-order valence-corrected chi connectivity index (χ1v) is 5.20. The van der Waals surface area contributed by atoms with Crippen LogP contribution in [0.1, 0.15) is 31.4 Å². The SMILES string of the molecule is C#CCCOc1ccccc1C(N)CC. The molecule has 0 amide bonds. The van der Waals surface area contributed by atoms with E-state index in [9.17, 15) is 0 Å². The van der Waals surface area contributed by atoms with Crippen LogP contribution < -0.4 is 10.5 Å². The van der Waals surface area contributed by atoms with Gasteiger partial charge < -0.3 is 10.5 Å². The summed E-state index contributed by atoms with van der Waals surface area (Å²) in [5.41, 5.74) is 7.03. The van der Waals surface area contributed by atoms with Crippen LogP contribution in [-0.4, -0.2) is 6.61 Å². The van der Waals surface area contributed by atoms with Crippen molar-refractivity contribution in [1.29, 1.82) is 0 Å². The van der Waals surface area contributed by atoms with Crippen molar-refractivity contribution >= 4 is 0 Å². The lowest BCUT2D eigenvalue weighted by molar-refractivity contribution is 0.321. The van der Waals surface area contributed by atoms with E-state index in [0.717, 1.165) is 17.7 Å². The van der Waals surface area contributed by atoms with Gasteiger partial charge in [0.2, 0.25) is 0 Å². The molecule has 2 heteroatoms. The average molecular weight is 203 g/mol. The quantitative estimate of drug-likeness (QED) is 0.589. The van der Waals surface area contributed by atoms with Crippen molar-refractivity contribution in [1.82, 2.24) is 0 Å². The minimum absolute atomic E-state index is 0.0343. The summed E-state index contributed by atoms with van der Waals surface area (Å²) in [6.07, 6.45) is 6.68. The molecule has 0 fully saturated rings. The largest absolute Gasteiger partial charge is 0.492 e. The second kappa shape index (κ2) is 6.10. The van der Waals surface area contributed by atoms with E-state index in [1.54, 1.807) is 0 Å². The Labute approximate surface area is 91.4 Å². The zero-order chi connectivity index (χ0) is 11.1. The molecule has 0 bridgehead atoms. The molecule has 1 rings (SSSR count). The maximum atomic E-state index is 5.98. The monoisotopic (exact) mass is 203 g/mol. The van der Waals surface area contributed by atoms with Gasteiger partial charge in [0.25, 0.3) is 0 Å². The van der Waals surface area contributed by atoms with Crippen LogP contribution in [0.25, 0.3) is 0 Å². The highest BCUT2D eigenvalue weighted by molar-refractivity contribution is 5.35. The zero-order valence-electron chi connectivity index (χ0n) is 9.07. The Balaban J connectivity index is 2.73. The number of para-hydroxylation sites is 1. The van der Waals surface area contributed by atoms with Gasteiger partial charge in [0.1, 0.15) is 5.75 Å². The predicted octanol–water partition coefficient (Wildman–Crippen LogP) is 2.50. The average Bonchev–Trinajstić information content (AvgIpc) is 2.29. The molecule has 0 aliphatic rings. The van der Waals surface area contributed by atoms with E-state index in [-0.39, 0.29) is 6.04 Å². The van der Waals surface area contributed by atoms with Gasteiger partial charge in [0.15, 0.2) is 0 Å². The molecule has 0 aliphatic carbocycles. The second-order valence-electron chi connectivity index (χ2n) is 3.36. The number of hydrogen-bond acceptors (Lipinski definition) is 2. The van der Waals surface area contributed by atoms with Gasteiger partial charge in [-0.3, -0.25) is 0 Å². The molecule has 0 radical (unpaired) electrons. The molecule has 15 heavy (non-hydrogen) atoms. The summed E-state index contributed by atoms with van der Waals surface area (Å²) in [5.74, 6) is 3.39. The lowest BCUT2D eigenvalue weighted by atomic mass is 10.0. The van der Waals surface area contributed by atoms with Crippen molar-refractivity contribution in [3.05, 3.63) is 29.8 Å². The van der Waals surface area contributed by atoms with Gasteiger partial charge in [-0.25, -0.2) is 0 Å². The fourth-order valence-corrected chi connectivity index (χ4v) is 1.36. The van der Waals surface area contributed by atoms with Gasteiger partial charge in [-0.05, 0) is 12.5 Å². The highest BCUT2D eigenvalue weighted by Gasteiger charge is 2.08. The molecule has 0 saturated heterocycles. The van der Waals surface area contributed by atoms with Crippen LogP contribution in [0.5, 0.6) is 5.75 Å². The summed E-state index contributed by atoms with van der Waals surface area (Å²) in [7, 11) is 0. The minimum atomic E-state index is 0.0343. The van der Waals surface area contributed by atoms with E-state index < -0.39 is 0 Å². The van der Waals surface area contributed by atoms with Gasteiger partial charge in [-0.15, -0.1) is 12.3 Å². The van der Waals surface area contributed by atoms with Crippen LogP contribution in [0.2, 0.25) is 0 Å². The lowest BCUT2D eigenvalue weighted by Crippen LogP contribution is -2.11. The smallest absolute Gasteiger partial charge is 0.124 e.